The standard InChI is InChI=1S/C13H16N2S/c1-2-10-4-6-14-13(10)11(3-1)8-15-12-5-7-16-9-12/h1-4,6,12,14-15H,5,7-9H2. The molecule has 1 aliphatic heterocycles. The third-order valence-corrected chi connectivity index (χ3v) is 4.35. The summed E-state index contributed by atoms with van der Waals surface area (Å²) in [5.74, 6) is 2.57. The lowest BCUT2D eigenvalue weighted by atomic mass is 10.1. The van der Waals surface area contributed by atoms with E-state index in [1.807, 2.05) is 6.20 Å². The van der Waals surface area contributed by atoms with Gasteiger partial charge in [0.25, 0.3) is 0 Å². The second-order valence-corrected chi connectivity index (χ2v) is 5.45. The van der Waals surface area contributed by atoms with Crippen LogP contribution in [0.4, 0.5) is 0 Å². The molecule has 3 rings (SSSR count). The average molecular weight is 232 g/mol. The fourth-order valence-electron chi connectivity index (χ4n) is 2.25. The van der Waals surface area contributed by atoms with E-state index >= 15 is 0 Å². The molecule has 1 atom stereocenters. The van der Waals surface area contributed by atoms with Crippen LogP contribution in [0, 0.1) is 0 Å². The molecule has 0 radical (unpaired) electrons. The maximum atomic E-state index is 3.64. The van der Waals surface area contributed by atoms with E-state index in [4.69, 9.17) is 0 Å². The molecule has 0 bridgehead atoms. The fourth-order valence-corrected chi connectivity index (χ4v) is 3.43. The number of aromatic nitrogens is 1. The molecular formula is C13H16N2S. The van der Waals surface area contributed by atoms with E-state index in [0.717, 1.165) is 6.54 Å². The number of aromatic amines is 1. The number of thioether (sulfide) groups is 1. The van der Waals surface area contributed by atoms with Crippen LogP contribution in [0.2, 0.25) is 0 Å². The first-order valence-corrected chi connectivity index (χ1v) is 6.95. The van der Waals surface area contributed by atoms with Crippen molar-refractivity contribution in [3.63, 3.8) is 0 Å². The number of fused-ring (bicyclic) bond motifs is 1. The van der Waals surface area contributed by atoms with E-state index in [0.29, 0.717) is 6.04 Å². The molecule has 1 aliphatic rings. The van der Waals surface area contributed by atoms with Gasteiger partial charge in [-0.2, -0.15) is 11.8 Å². The predicted molar refractivity (Wildman–Crippen MR) is 70.9 cm³/mol. The molecule has 0 amide bonds. The van der Waals surface area contributed by atoms with Crippen molar-refractivity contribution in [2.24, 2.45) is 0 Å². The number of para-hydroxylation sites is 1. The Morgan fingerprint density at radius 1 is 1.38 bits per heavy atom. The van der Waals surface area contributed by atoms with Crippen LogP contribution in [0.25, 0.3) is 10.9 Å². The smallest absolute Gasteiger partial charge is 0.0499 e. The molecule has 3 heteroatoms. The monoisotopic (exact) mass is 232 g/mol. The normalized spacial score (nSPS) is 20.6. The maximum absolute atomic E-state index is 3.64. The first kappa shape index (κ1) is 10.2. The largest absolute Gasteiger partial charge is 0.361 e. The molecule has 2 heterocycles. The molecule has 1 fully saturated rings. The number of nitrogens with one attached hydrogen (secondary N) is 2. The molecule has 1 unspecified atom stereocenters. The summed E-state index contributed by atoms with van der Waals surface area (Å²) in [7, 11) is 0. The Kier molecular flexibility index (Phi) is 2.89. The summed E-state index contributed by atoms with van der Waals surface area (Å²) in [4.78, 5) is 3.32. The van der Waals surface area contributed by atoms with Gasteiger partial charge >= 0.3 is 0 Å². The Bertz CT molecular complexity index is 471. The molecule has 16 heavy (non-hydrogen) atoms. The van der Waals surface area contributed by atoms with Gasteiger partial charge in [-0.25, -0.2) is 0 Å². The van der Waals surface area contributed by atoms with Crippen molar-refractivity contribution in [2.75, 3.05) is 11.5 Å². The molecule has 2 N–H and O–H groups in total. The molecule has 0 saturated carbocycles. The van der Waals surface area contributed by atoms with Crippen LogP contribution >= 0.6 is 11.8 Å². The zero-order chi connectivity index (χ0) is 10.8. The molecule has 84 valence electrons. The Labute approximate surface area is 99.8 Å². The molecular weight excluding hydrogens is 216 g/mol. The van der Waals surface area contributed by atoms with Gasteiger partial charge in [0.2, 0.25) is 0 Å². The van der Waals surface area contributed by atoms with Crippen molar-refractivity contribution in [3.05, 3.63) is 36.0 Å². The number of benzene rings is 1. The van der Waals surface area contributed by atoms with E-state index in [9.17, 15) is 0 Å². The van der Waals surface area contributed by atoms with Crippen molar-refractivity contribution in [1.29, 1.82) is 0 Å². The zero-order valence-electron chi connectivity index (χ0n) is 9.20. The van der Waals surface area contributed by atoms with Crippen LogP contribution in [-0.4, -0.2) is 22.5 Å². The highest BCUT2D eigenvalue weighted by Gasteiger charge is 2.14. The summed E-state index contributed by atoms with van der Waals surface area (Å²) >= 11 is 2.05. The second kappa shape index (κ2) is 4.52. The SMILES string of the molecule is c1cc(CNC2CCSC2)c2[nH]ccc2c1. The first-order chi connectivity index (χ1) is 7.93. The highest BCUT2D eigenvalue weighted by Crippen LogP contribution is 2.20. The quantitative estimate of drug-likeness (QED) is 0.851. The van der Waals surface area contributed by atoms with Crippen molar-refractivity contribution < 1.29 is 0 Å². The van der Waals surface area contributed by atoms with Crippen molar-refractivity contribution >= 4 is 22.7 Å². The zero-order valence-corrected chi connectivity index (χ0v) is 10.0. The second-order valence-electron chi connectivity index (χ2n) is 4.30. The van der Waals surface area contributed by atoms with E-state index in [1.54, 1.807) is 0 Å². The molecule has 0 spiro atoms. The molecule has 0 aliphatic carbocycles. The van der Waals surface area contributed by atoms with Crippen molar-refractivity contribution in [3.8, 4) is 0 Å². The van der Waals surface area contributed by atoms with Crippen LogP contribution in [0.15, 0.2) is 30.5 Å². The van der Waals surface area contributed by atoms with E-state index < -0.39 is 0 Å². The summed E-state index contributed by atoms with van der Waals surface area (Å²) in [5.41, 5.74) is 2.65. The molecule has 2 aromatic rings. The van der Waals surface area contributed by atoms with Gasteiger partial charge < -0.3 is 10.3 Å². The highest BCUT2D eigenvalue weighted by atomic mass is 32.2. The Morgan fingerprint density at radius 2 is 2.38 bits per heavy atom. The Balaban J connectivity index is 1.75. The van der Waals surface area contributed by atoms with E-state index in [-0.39, 0.29) is 0 Å². The van der Waals surface area contributed by atoms with Crippen LogP contribution in [0.3, 0.4) is 0 Å². The van der Waals surface area contributed by atoms with Gasteiger partial charge in [-0.05, 0) is 29.2 Å². The number of H-pyrrole nitrogens is 1. The van der Waals surface area contributed by atoms with Gasteiger partial charge in [0.1, 0.15) is 0 Å². The summed E-state index contributed by atoms with van der Waals surface area (Å²) in [6.45, 7) is 0.975. The first-order valence-electron chi connectivity index (χ1n) is 5.79. The van der Waals surface area contributed by atoms with Crippen molar-refractivity contribution in [2.45, 2.75) is 19.0 Å². The molecule has 2 nitrogen and oxygen atoms in total. The maximum Gasteiger partial charge on any atom is 0.0499 e. The molecule has 1 saturated heterocycles. The van der Waals surface area contributed by atoms with Crippen molar-refractivity contribution in [1.82, 2.24) is 10.3 Å². The summed E-state index contributed by atoms with van der Waals surface area (Å²) in [6, 6.07) is 9.32. The number of hydrogen-bond donors (Lipinski definition) is 2. The summed E-state index contributed by atoms with van der Waals surface area (Å²) in [6.07, 6.45) is 3.32. The minimum Gasteiger partial charge on any atom is -0.361 e. The third kappa shape index (κ3) is 1.97. The molecule has 1 aromatic carbocycles. The highest BCUT2D eigenvalue weighted by molar-refractivity contribution is 7.99. The minimum absolute atomic E-state index is 0.704. The van der Waals surface area contributed by atoms with Gasteiger partial charge in [-0.1, -0.05) is 18.2 Å². The Hall–Kier alpha value is -0.930. The molecule has 1 aromatic heterocycles. The Morgan fingerprint density at radius 3 is 3.25 bits per heavy atom. The van der Waals surface area contributed by atoms with Crippen LogP contribution in [-0.2, 0) is 6.54 Å². The van der Waals surface area contributed by atoms with Crippen LogP contribution in [0.5, 0.6) is 0 Å². The summed E-state index contributed by atoms with van der Waals surface area (Å²) < 4.78 is 0. The van der Waals surface area contributed by atoms with Gasteiger partial charge in [0.05, 0.1) is 0 Å². The summed E-state index contributed by atoms with van der Waals surface area (Å²) in [5, 5.41) is 4.94. The lowest BCUT2D eigenvalue weighted by molar-refractivity contribution is 0.559. The van der Waals surface area contributed by atoms with Gasteiger partial charge in [-0.3, -0.25) is 0 Å². The van der Waals surface area contributed by atoms with Gasteiger partial charge in [0, 0.05) is 30.1 Å². The fraction of sp³-hybridized carbons (Fsp3) is 0.385. The number of rotatable bonds is 3. The number of hydrogen-bond acceptors (Lipinski definition) is 2. The van der Waals surface area contributed by atoms with E-state index in [1.165, 1.54) is 34.4 Å². The van der Waals surface area contributed by atoms with Gasteiger partial charge in [0.15, 0.2) is 0 Å². The third-order valence-electron chi connectivity index (χ3n) is 3.18. The average Bonchev–Trinajstić information content (AvgIpc) is 2.97. The van der Waals surface area contributed by atoms with Crippen LogP contribution in [0.1, 0.15) is 12.0 Å². The minimum atomic E-state index is 0.704. The van der Waals surface area contributed by atoms with Gasteiger partial charge in [-0.15, -0.1) is 0 Å². The predicted octanol–water partition coefficient (Wildman–Crippen LogP) is 2.76. The van der Waals surface area contributed by atoms with E-state index in [2.05, 4.69) is 46.3 Å². The lowest BCUT2D eigenvalue weighted by Gasteiger charge is -2.11. The van der Waals surface area contributed by atoms with Crippen LogP contribution < -0.4 is 5.32 Å². The topological polar surface area (TPSA) is 27.8 Å². The lowest BCUT2D eigenvalue weighted by Crippen LogP contribution is -2.28.